The average Bonchev–Trinajstić information content (AvgIpc) is 3.35. The van der Waals surface area contributed by atoms with Crippen LogP contribution in [0.15, 0.2) is 35.7 Å². The van der Waals surface area contributed by atoms with Crippen LogP contribution in [0.4, 0.5) is 0 Å². The van der Waals surface area contributed by atoms with E-state index < -0.39 is 6.10 Å². The molecule has 2 aliphatic carbocycles. The third-order valence-electron chi connectivity index (χ3n) is 4.77. The molecular formula is C20H21NO3S. The Hall–Kier alpha value is -2.14. The molecule has 130 valence electrons. The van der Waals surface area contributed by atoms with Crippen molar-refractivity contribution < 1.29 is 14.3 Å². The minimum absolute atomic E-state index is 0.228. The predicted octanol–water partition coefficient (Wildman–Crippen LogP) is 3.80. The maximum atomic E-state index is 12.8. The fourth-order valence-electron chi connectivity index (χ4n) is 3.24. The van der Waals surface area contributed by atoms with Gasteiger partial charge < -0.3 is 10.1 Å². The molecule has 0 radical (unpaired) electrons. The van der Waals surface area contributed by atoms with E-state index in [-0.39, 0.29) is 17.9 Å². The number of benzene rings is 1. The van der Waals surface area contributed by atoms with Crippen molar-refractivity contribution in [3.8, 4) is 0 Å². The van der Waals surface area contributed by atoms with Gasteiger partial charge in [-0.15, -0.1) is 11.3 Å². The topological polar surface area (TPSA) is 55.4 Å². The Kier molecular flexibility index (Phi) is 4.57. The average molecular weight is 355 g/mol. The van der Waals surface area contributed by atoms with E-state index in [4.69, 9.17) is 4.74 Å². The molecule has 1 aromatic heterocycles. The van der Waals surface area contributed by atoms with Crippen LogP contribution in [0.5, 0.6) is 0 Å². The monoisotopic (exact) mass is 355 g/mol. The molecule has 25 heavy (non-hydrogen) atoms. The first kappa shape index (κ1) is 16.3. The highest BCUT2D eigenvalue weighted by molar-refractivity contribution is 7.10. The highest BCUT2D eigenvalue weighted by Crippen LogP contribution is 2.32. The number of hydrogen-bond acceptors (Lipinski definition) is 4. The lowest BCUT2D eigenvalue weighted by Gasteiger charge is -2.19. The van der Waals surface area contributed by atoms with Crippen LogP contribution in [0.1, 0.15) is 58.1 Å². The highest BCUT2D eigenvalue weighted by atomic mass is 32.1. The molecule has 0 unspecified atom stereocenters. The molecule has 2 aromatic rings. The molecule has 2 aliphatic rings. The number of rotatable bonds is 5. The maximum Gasteiger partial charge on any atom is 0.340 e. The summed E-state index contributed by atoms with van der Waals surface area (Å²) in [6.45, 7) is 0. The number of thiophene rings is 1. The first-order valence-electron chi connectivity index (χ1n) is 8.88. The van der Waals surface area contributed by atoms with Crippen LogP contribution < -0.4 is 5.32 Å². The zero-order valence-electron chi connectivity index (χ0n) is 14.0. The molecule has 4 rings (SSSR count). The summed E-state index contributed by atoms with van der Waals surface area (Å²) in [7, 11) is 0. The van der Waals surface area contributed by atoms with Crippen molar-refractivity contribution in [2.24, 2.45) is 0 Å². The van der Waals surface area contributed by atoms with Gasteiger partial charge in [-0.2, -0.15) is 0 Å². The normalized spacial score (nSPS) is 17.4. The van der Waals surface area contributed by atoms with Crippen LogP contribution >= 0.6 is 11.3 Å². The first-order valence-corrected chi connectivity index (χ1v) is 9.76. The van der Waals surface area contributed by atoms with Crippen LogP contribution in [0.3, 0.4) is 0 Å². The fraction of sp³-hybridized carbons (Fsp3) is 0.400. The Balaban J connectivity index is 1.56. The number of hydrogen-bond donors (Lipinski definition) is 1. The summed E-state index contributed by atoms with van der Waals surface area (Å²) in [5, 5.41) is 4.84. The minimum Gasteiger partial charge on any atom is -0.444 e. The van der Waals surface area contributed by atoms with Crippen LogP contribution in [-0.2, 0) is 22.4 Å². The van der Waals surface area contributed by atoms with E-state index in [2.05, 4.69) is 5.32 Å². The van der Waals surface area contributed by atoms with Gasteiger partial charge in [-0.25, -0.2) is 4.79 Å². The quantitative estimate of drug-likeness (QED) is 0.830. The first-order chi connectivity index (χ1) is 12.2. The summed E-state index contributed by atoms with van der Waals surface area (Å²) in [4.78, 5) is 26.7. The Morgan fingerprint density at radius 3 is 2.64 bits per heavy atom. The van der Waals surface area contributed by atoms with Gasteiger partial charge in [0, 0.05) is 21.9 Å². The number of aryl methyl sites for hydroxylation is 1. The number of esters is 1. The van der Waals surface area contributed by atoms with E-state index in [1.165, 1.54) is 11.3 Å². The summed E-state index contributed by atoms with van der Waals surface area (Å²) < 4.78 is 5.69. The van der Waals surface area contributed by atoms with Gasteiger partial charge in [-0.1, -0.05) is 30.3 Å². The molecule has 5 heteroatoms. The Labute approximate surface area is 151 Å². The Bertz CT molecular complexity index is 779. The second-order valence-corrected chi connectivity index (χ2v) is 7.70. The van der Waals surface area contributed by atoms with Crippen molar-refractivity contribution in [2.45, 2.75) is 50.7 Å². The van der Waals surface area contributed by atoms with Crippen LogP contribution in [0.25, 0.3) is 0 Å². The molecule has 0 bridgehead atoms. The van der Waals surface area contributed by atoms with Gasteiger partial charge in [-0.05, 0) is 44.1 Å². The van der Waals surface area contributed by atoms with Gasteiger partial charge in [0.15, 0.2) is 0 Å². The highest BCUT2D eigenvalue weighted by Gasteiger charge is 2.32. The van der Waals surface area contributed by atoms with E-state index in [1.807, 2.05) is 35.7 Å². The molecular weight excluding hydrogens is 334 g/mol. The number of ether oxygens (including phenoxy) is 1. The van der Waals surface area contributed by atoms with Crippen molar-refractivity contribution in [3.63, 3.8) is 0 Å². The standard InChI is InChI=1S/C20H21NO3S/c22-19(21-14-10-11-14)18(13-6-2-1-3-7-13)24-20(23)16-12-25-17-9-5-4-8-15(16)17/h1-3,6-7,12,14,18H,4-5,8-11H2,(H,21,22)/t18-/m0/s1. The van der Waals surface area contributed by atoms with Gasteiger partial charge in [0.2, 0.25) is 6.10 Å². The molecule has 4 nitrogen and oxygen atoms in total. The lowest BCUT2D eigenvalue weighted by molar-refractivity contribution is -0.130. The Morgan fingerprint density at radius 2 is 1.88 bits per heavy atom. The molecule has 1 amide bonds. The lowest BCUT2D eigenvalue weighted by Crippen LogP contribution is -2.33. The Morgan fingerprint density at radius 1 is 1.12 bits per heavy atom. The van der Waals surface area contributed by atoms with Crippen molar-refractivity contribution in [1.82, 2.24) is 5.32 Å². The molecule has 1 saturated carbocycles. The molecule has 0 spiro atoms. The third kappa shape index (κ3) is 3.61. The van der Waals surface area contributed by atoms with Crippen molar-refractivity contribution in [2.75, 3.05) is 0 Å². The van der Waals surface area contributed by atoms with Crippen molar-refractivity contribution >= 4 is 23.2 Å². The summed E-state index contributed by atoms with van der Waals surface area (Å²) in [6, 6.07) is 9.48. The molecule has 1 N–H and O–H groups in total. The van der Waals surface area contributed by atoms with Gasteiger partial charge in [0.1, 0.15) is 0 Å². The number of nitrogens with one attached hydrogen (secondary N) is 1. The van der Waals surface area contributed by atoms with Gasteiger partial charge in [0.05, 0.1) is 5.56 Å². The summed E-state index contributed by atoms with van der Waals surface area (Å²) in [5.74, 6) is -0.620. The van der Waals surface area contributed by atoms with E-state index >= 15 is 0 Å². The molecule has 1 fully saturated rings. The zero-order chi connectivity index (χ0) is 17.2. The predicted molar refractivity (Wildman–Crippen MR) is 96.7 cm³/mol. The molecule has 1 atom stereocenters. The van der Waals surface area contributed by atoms with Gasteiger partial charge >= 0.3 is 5.97 Å². The van der Waals surface area contributed by atoms with Gasteiger partial charge in [-0.3, -0.25) is 4.79 Å². The summed E-state index contributed by atoms with van der Waals surface area (Å²) >= 11 is 1.63. The largest absolute Gasteiger partial charge is 0.444 e. The third-order valence-corrected chi connectivity index (χ3v) is 5.86. The van der Waals surface area contributed by atoms with E-state index in [0.717, 1.165) is 37.7 Å². The second kappa shape index (κ2) is 7.00. The zero-order valence-corrected chi connectivity index (χ0v) is 14.8. The van der Waals surface area contributed by atoms with Crippen LogP contribution in [0.2, 0.25) is 0 Å². The fourth-order valence-corrected chi connectivity index (χ4v) is 4.36. The number of fused-ring (bicyclic) bond motifs is 1. The SMILES string of the molecule is O=C(O[C@H](C(=O)NC1CC1)c1ccccc1)c1csc2c1CCCC2. The summed E-state index contributed by atoms with van der Waals surface area (Å²) in [5.41, 5.74) is 2.47. The molecule has 0 saturated heterocycles. The molecule has 1 heterocycles. The van der Waals surface area contributed by atoms with E-state index in [1.54, 1.807) is 11.3 Å². The van der Waals surface area contributed by atoms with E-state index in [9.17, 15) is 9.59 Å². The number of amides is 1. The van der Waals surface area contributed by atoms with E-state index in [0.29, 0.717) is 11.1 Å². The number of carbonyl (C=O) groups excluding carboxylic acids is 2. The second-order valence-electron chi connectivity index (χ2n) is 6.74. The lowest BCUT2D eigenvalue weighted by atomic mass is 9.96. The summed E-state index contributed by atoms with van der Waals surface area (Å²) in [6.07, 6.45) is 5.35. The molecule has 1 aromatic carbocycles. The maximum absolute atomic E-state index is 12.8. The van der Waals surface area contributed by atoms with Crippen molar-refractivity contribution in [3.05, 3.63) is 57.3 Å². The molecule has 0 aliphatic heterocycles. The van der Waals surface area contributed by atoms with Crippen LogP contribution in [-0.4, -0.2) is 17.9 Å². The van der Waals surface area contributed by atoms with Crippen LogP contribution in [0, 0.1) is 0 Å². The van der Waals surface area contributed by atoms with Crippen molar-refractivity contribution in [1.29, 1.82) is 0 Å². The minimum atomic E-state index is -0.895. The smallest absolute Gasteiger partial charge is 0.340 e. The van der Waals surface area contributed by atoms with Gasteiger partial charge in [0.25, 0.3) is 5.91 Å². The number of carbonyl (C=O) groups is 2.